The summed E-state index contributed by atoms with van der Waals surface area (Å²) < 4.78 is 0. The molecule has 1 amide bonds. The molecule has 2 atom stereocenters. The van der Waals surface area contributed by atoms with E-state index in [1.165, 1.54) is 19.3 Å². The van der Waals surface area contributed by atoms with Gasteiger partial charge in [0, 0.05) is 24.5 Å². The van der Waals surface area contributed by atoms with Gasteiger partial charge in [0.05, 0.1) is 6.54 Å². The summed E-state index contributed by atoms with van der Waals surface area (Å²) in [5.74, 6) is 1.73. The van der Waals surface area contributed by atoms with Gasteiger partial charge in [-0.25, -0.2) is 0 Å². The molecular formula is C16H23N3O. The topological polar surface area (TPSA) is 58.4 Å². The van der Waals surface area contributed by atoms with Crippen molar-refractivity contribution in [2.45, 2.75) is 26.2 Å². The molecule has 2 unspecified atom stereocenters. The number of aryl methyl sites for hydroxylation is 1. The zero-order chi connectivity index (χ0) is 14.1. The van der Waals surface area contributed by atoms with Crippen LogP contribution in [0.2, 0.25) is 0 Å². The van der Waals surface area contributed by atoms with E-state index in [0.29, 0.717) is 6.54 Å². The maximum Gasteiger partial charge on any atom is 0.238 e. The molecule has 4 nitrogen and oxygen atoms in total. The van der Waals surface area contributed by atoms with Crippen molar-refractivity contribution in [1.29, 1.82) is 0 Å². The van der Waals surface area contributed by atoms with Gasteiger partial charge in [-0.15, -0.1) is 0 Å². The third-order valence-corrected chi connectivity index (χ3v) is 4.73. The van der Waals surface area contributed by atoms with Crippen molar-refractivity contribution in [3.63, 3.8) is 0 Å². The Hall–Kier alpha value is -1.55. The van der Waals surface area contributed by atoms with Crippen molar-refractivity contribution in [3.8, 4) is 0 Å². The average Bonchev–Trinajstić information content (AvgIpc) is 2.94. The molecule has 3 rings (SSSR count). The van der Waals surface area contributed by atoms with Crippen molar-refractivity contribution in [1.82, 2.24) is 4.90 Å². The number of nitrogens with zero attached hydrogens (tertiary/aromatic N) is 1. The number of fused-ring (bicyclic) bond motifs is 1. The van der Waals surface area contributed by atoms with E-state index in [2.05, 4.69) is 10.2 Å². The fourth-order valence-corrected chi connectivity index (χ4v) is 3.58. The van der Waals surface area contributed by atoms with Crippen molar-refractivity contribution in [2.24, 2.45) is 11.8 Å². The van der Waals surface area contributed by atoms with Gasteiger partial charge in [0.15, 0.2) is 0 Å². The Morgan fingerprint density at radius 1 is 1.35 bits per heavy atom. The summed E-state index contributed by atoms with van der Waals surface area (Å²) in [5.41, 5.74) is 8.41. The number of hydrogen-bond acceptors (Lipinski definition) is 3. The standard InChI is InChI=1S/C16H23N3O/c1-11-5-6-14(7-15(11)17)18-16(20)10-19-8-12-3-2-4-13(12)9-19/h5-7,12-13H,2-4,8-10,17H2,1H3,(H,18,20). The number of hydrogen-bond donors (Lipinski definition) is 2. The Kier molecular flexibility index (Phi) is 3.66. The van der Waals surface area contributed by atoms with E-state index < -0.39 is 0 Å². The van der Waals surface area contributed by atoms with Gasteiger partial charge in [0.2, 0.25) is 5.91 Å². The molecule has 20 heavy (non-hydrogen) atoms. The number of rotatable bonds is 3. The van der Waals surface area contributed by atoms with Crippen LogP contribution in [0.3, 0.4) is 0 Å². The number of nitrogen functional groups attached to an aromatic ring is 1. The summed E-state index contributed by atoms with van der Waals surface area (Å²) in [5, 5.41) is 2.94. The van der Waals surface area contributed by atoms with Crippen LogP contribution in [0, 0.1) is 18.8 Å². The Labute approximate surface area is 120 Å². The molecule has 0 radical (unpaired) electrons. The zero-order valence-electron chi connectivity index (χ0n) is 12.1. The molecule has 1 heterocycles. The van der Waals surface area contributed by atoms with Crippen LogP contribution in [0.25, 0.3) is 0 Å². The zero-order valence-corrected chi connectivity index (χ0v) is 12.1. The molecule has 1 saturated carbocycles. The lowest BCUT2D eigenvalue weighted by atomic mass is 10.0. The van der Waals surface area contributed by atoms with Crippen LogP contribution >= 0.6 is 0 Å². The molecule has 2 aliphatic rings. The van der Waals surface area contributed by atoms with Crippen LogP contribution in [-0.2, 0) is 4.79 Å². The van der Waals surface area contributed by atoms with Crippen LogP contribution in [-0.4, -0.2) is 30.4 Å². The van der Waals surface area contributed by atoms with Gasteiger partial charge in [-0.1, -0.05) is 12.5 Å². The number of nitrogens with two attached hydrogens (primary N) is 1. The lowest BCUT2D eigenvalue weighted by molar-refractivity contribution is -0.117. The van der Waals surface area contributed by atoms with Gasteiger partial charge in [-0.2, -0.15) is 0 Å². The minimum atomic E-state index is 0.0632. The highest BCUT2D eigenvalue weighted by Crippen LogP contribution is 2.37. The van der Waals surface area contributed by atoms with Crippen LogP contribution in [0.1, 0.15) is 24.8 Å². The third-order valence-electron chi connectivity index (χ3n) is 4.73. The Morgan fingerprint density at radius 3 is 2.70 bits per heavy atom. The maximum atomic E-state index is 12.1. The number of amides is 1. The molecule has 1 aliphatic heterocycles. The second-order valence-electron chi connectivity index (χ2n) is 6.26. The average molecular weight is 273 g/mol. The number of benzene rings is 1. The summed E-state index contributed by atoms with van der Waals surface area (Å²) in [4.78, 5) is 14.4. The van der Waals surface area contributed by atoms with E-state index in [1.54, 1.807) is 0 Å². The molecule has 1 aliphatic carbocycles. The first-order valence-corrected chi connectivity index (χ1v) is 7.50. The quantitative estimate of drug-likeness (QED) is 0.830. The molecule has 0 aromatic heterocycles. The summed E-state index contributed by atoms with van der Waals surface area (Å²) in [6.07, 6.45) is 4.06. The molecule has 1 aromatic rings. The molecule has 1 saturated heterocycles. The largest absolute Gasteiger partial charge is 0.398 e. The fourth-order valence-electron chi connectivity index (χ4n) is 3.58. The normalized spacial score (nSPS) is 25.6. The van der Waals surface area contributed by atoms with Gasteiger partial charge in [-0.05, 0) is 49.3 Å². The smallest absolute Gasteiger partial charge is 0.238 e. The van der Waals surface area contributed by atoms with Gasteiger partial charge < -0.3 is 11.1 Å². The summed E-state index contributed by atoms with van der Waals surface area (Å²) >= 11 is 0. The molecule has 4 heteroatoms. The Bertz CT molecular complexity index is 502. The van der Waals surface area contributed by atoms with Crippen LogP contribution in [0.15, 0.2) is 18.2 Å². The number of likely N-dealkylation sites (tertiary alicyclic amines) is 1. The highest BCUT2D eigenvalue weighted by molar-refractivity contribution is 5.92. The van der Waals surface area contributed by atoms with E-state index in [-0.39, 0.29) is 5.91 Å². The van der Waals surface area contributed by atoms with Gasteiger partial charge >= 0.3 is 0 Å². The molecule has 108 valence electrons. The van der Waals surface area contributed by atoms with E-state index in [9.17, 15) is 4.79 Å². The fraction of sp³-hybridized carbons (Fsp3) is 0.562. The Balaban J connectivity index is 1.53. The molecule has 3 N–H and O–H groups in total. The van der Waals surface area contributed by atoms with Crippen molar-refractivity contribution < 1.29 is 4.79 Å². The monoisotopic (exact) mass is 273 g/mol. The number of anilines is 2. The third kappa shape index (κ3) is 2.80. The first-order valence-electron chi connectivity index (χ1n) is 7.50. The van der Waals surface area contributed by atoms with E-state index in [1.807, 2.05) is 25.1 Å². The molecule has 1 aromatic carbocycles. The van der Waals surface area contributed by atoms with E-state index in [4.69, 9.17) is 5.73 Å². The maximum absolute atomic E-state index is 12.1. The highest BCUT2D eigenvalue weighted by Gasteiger charge is 2.36. The number of carbonyl (C=O) groups is 1. The van der Waals surface area contributed by atoms with Crippen LogP contribution in [0.5, 0.6) is 0 Å². The SMILES string of the molecule is Cc1ccc(NC(=O)CN2CC3CCCC3C2)cc1N. The van der Waals surface area contributed by atoms with Gasteiger partial charge in [0.25, 0.3) is 0 Å². The van der Waals surface area contributed by atoms with Crippen molar-refractivity contribution in [3.05, 3.63) is 23.8 Å². The Morgan fingerprint density at radius 2 is 2.05 bits per heavy atom. The van der Waals surface area contributed by atoms with Crippen molar-refractivity contribution >= 4 is 17.3 Å². The van der Waals surface area contributed by atoms with Gasteiger partial charge in [0.1, 0.15) is 0 Å². The highest BCUT2D eigenvalue weighted by atomic mass is 16.2. The second-order valence-corrected chi connectivity index (χ2v) is 6.26. The molecule has 2 fully saturated rings. The molecular weight excluding hydrogens is 250 g/mol. The minimum absolute atomic E-state index is 0.0632. The van der Waals surface area contributed by atoms with E-state index in [0.717, 1.165) is 41.9 Å². The van der Waals surface area contributed by atoms with Gasteiger partial charge in [-0.3, -0.25) is 9.69 Å². The predicted octanol–water partition coefficient (Wildman–Crippen LogP) is 2.25. The van der Waals surface area contributed by atoms with Crippen LogP contribution in [0.4, 0.5) is 11.4 Å². The summed E-state index contributed by atoms with van der Waals surface area (Å²) in [7, 11) is 0. The van der Waals surface area contributed by atoms with Crippen LogP contribution < -0.4 is 11.1 Å². The lowest BCUT2D eigenvalue weighted by Crippen LogP contribution is -2.32. The first kappa shape index (κ1) is 13.4. The lowest BCUT2D eigenvalue weighted by Gasteiger charge is -2.16. The predicted molar refractivity (Wildman–Crippen MR) is 81.5 cm³/mol. The summed E-state index contributed by atoms with van der Waals surface area (Å²) in [6.45, 7) is 4.65. The summed E-state index contributed by atoms with van der Waals surface area (Å²) in [6, 6.07) is 5.67. The molecule has 0 bridgehead atoms. The number of carbonyl (C=O) groups excluding carboxylic acids is 1. The second kappa shape index (κ2) is 5.44. The van der Waals surface area contributed by atoms with E-state index >= 15 is 0 Å². The minimum Gasteiger partial charge on any atom is -0.398 e. The molecule has 0 spiro atoms. The first-order chi connectivity index (χ1) is 9.61. The van der Waals surface area contributed by atoms with Crippen molar-refractivity contribution in [2.75, 3.05) is 30.7 Å². The number of nitrogens with one attached hydrogen (secondary N) is 1.